The lowest BCUT2D eigenvalue weighted by Gasteiger charge is -2.11. The Kier molecular flexibility index (Phi) is 4.12. The number of hydrogen-bond acceptors (Lipinski definition) is 3. The van der Waals surface area contributed by atoms with Crippen LogP contribution in [0.15, 0.2) is 34.8 Å². The molecule has 2 aromatic rings. The number of aliphatic hydroxyl groups is 1. The molecular weight excluding hydrogens is 339 g/mol. The average Bonchev–Trinajstić information content (AvgIpc) is 2.92. The number of rotatable bonds is 4. The van der Waals surface area contributed by atoms with Crippen molar-refractivity contribution < 1.29 is 19.0 Å². The van der Waals surface area contributed by atoms with Crippen molar-refractivity contribution in [2.45, 2.75) is 19.6 Å². The highest BCUT2D eigenvalue weighted by molar-refractivity contribution is 9.10. The van der Waals surface area contributed by atoms with E-state index in [1.165, 1.54) is 12.1 Å². The van der Waals surface area contributed by atoms with Crippen molar-refractivity contribution in [2.24, 2.45) is 0 Å². The molecule has 5 heteroatoms. The van der Waals surface area contributed by atoms with Crippen molar-refractivity contribution in [2.75, 3.05) is 6.61 Å². The fourth-order valence-corrected chi connectivity index (χ4v) is 2.96. The van der Waals surface area contributed by atoms with Gasteiger partial charge in [0.1, 0.15) is 23.9 Å². The summed E-state index contributed by atoms with van der Waals surface area (Å²) >= 11 is 3.47. The molecule has 3 rings (SSSR count). The zero-order valence-corrected chi connectivity index (χ0v) is 12.8. The first-order chi connectivity index (χ1) is 10.2. The van der Waals surface area contributed by atoms with E-state index in [-0.39, 0.29) is 13.2 Å². The van der Waals surface area contributed by atoms with E-state index in [4.69, 9.17) is 14.6 Å². The van der Waals surface area contributed by atoms with Crippen LogP contribution in [0.5, 0.6) is 11.5 Å². The highest BCUT2D eigenvalue weighted by atomic mass is 79.9. The topological polar surface area (TPSA) is 38.7 Å². The Hall–Kier alpha value is -1.59. The summed E-state index contributed by atoms with van der Waals surface area (Å²) in [5.74, 6) is 0.829. The summed E-state index contributed by atoms with van der Waals surface area (Å²) in [6, 6.07) is 8.20. The largest absolute Gasteiger partial charge is 0.493 e. The number of aliphatic hydroxyl groups excluding tert-OH is 1. The van der Waals surface area contributed by atoms with E-state index < -0.39 is 5.82 Å². The second-order valence-corrected chi connectivity index (χ2v) is 5.81. The quantitative estimate of drug-likeness (QED) is 0.913. The number of fused-ring (bicyclic) bond motifs is 1. The highest BCUT2D eigenvalue weighted by Gasteiger charge is 2.17. The molecule has 2 aromatic carbocycles. The molecule has 0 fully saturated rings. The average molecular weight is 353 g/mol. The SMILES string of the molecule is OCc1cc(F)cc(OCc2cc(Br)cc3c2OCC3)c1. The molecule has 0 saturated heterocycles. The Morgan fingerprint density at radius 1 is 1.24 bits per heavy atom. The van der Waals surface area contributed by atoms with Gasteiger partial charge in [0, 0.05) is 22.5 Å². The van der Waals surface area contributed by atoms with Gasteiger partial charge in [-0.2, -0.15) is 0 Å². The summed E-state index contributed by atoms with van der Waals surface area (Å²) in [5, 5.41) is 9.09. The predicted molar refractivity (Wildman–Crippen MR) is 80.0 cm³/mol. The molecule has 0 bridgehead atoms. The van der Waals surface area contributed by atoms with Crippen LogP contribution in [0.4, 0.5) is 4.39 Å². The van der Waals surface area contributed by atoms with Gasteiger partial charge in [0.15, 0.2) is 0 Å². The van der Waals surface area contributed by atoms with Crippen molar-refractivity contribution in [3.63, 3.8) is 0 Å². The summed E-state index contributed by atoms with van der Waals surface area (Å²) in [6.07, 6.45) is 0.885. The first-order valence-electron chi connectivity index (χ1n) is 6.63. The van der Waals surface area contributed by atoms with E-state index in [0.717, 1.165) is 27.8 Å². The monoisotopic (exact) mass is 352 g/mol. The van der Waals surface area contributed by atoms with Crippen molar-refractivity contribution in [3.05, 3.63) is 57.3 Å². The van der Waals surface area contributed by atoms with E-state index >= 15 is 0 Å². The standard InChI is InChI=1S/C16H14BrFO3/c17-13-5-11-1-2-20-16(11)12(6-13)9-21-15-4-10(8-19)3-14(18)7-15/h3-7,19H,1-2,8-9H2. The van der Waals surface area contributed by atoms with Gasteiger partial charge in [-0.15, -0.1) is 0 Å². The third kappa shape index (κ3) is 3.19. The minimum Gasteiger partial charge on any atom is -0.493 e. The van der Waals surface area contributed by atoms with Crippen LogP contribution < -0.4 is 9.47 Å². The second-order valence-electron chi connectivity index (χ2n) is 4.89. The maximum absolute atomic E-state index is 13.4. The van der Waals surface area contributed by atoms with Crippen LogP contribution >= 0.6 is 15.9 Å². The molecule has 0 aromatic heterocycles. The molecule has 0 aliphatic carbocycles. The smallest absolute Gasteiger partial charge is 0.129 e. The molecule has 0 radical (unpaired) electrons. The lowest BCUT2D eigenvalue weighted by molar-refractivity contribution is 0.274. The van der Waals surface area contributed by atoms with Crippen molar-refractivity contribution in [3.8, 4) is 11.5 Å². The first kappa shape index (κ1) is 14.4. The highest BCUT2D eigenvalue weighted by Crippen LogP contribution is 2.33. The van der Waals surface area contributed by atoms with E-state index in [1.54, 1.807) is 6.07 Å². The molecule has 1 N–H and O–H groups in total. The number of hydrogen-bond donors (Lipinski definition) is 1. The minimum atomic E-state index is -0.424. The molecule has 0 atom stereocenters. The van der Waals surface area contributed by atoms with Crippen LogP contribution in [0.3, 0.4) is 0 Å². The fourth-order valence-electron chi connectivity index (χ4n) is 2.41. The molecule has 0 unspecified atom stereocenters. The van der Waals surface area contributed by atoms with Crippen LogP contribution in [0.25, 0.3) is 0 Å². The normalized spacial score (nSPS) is 12.9. The van der Waals surface area contributed by atoms with Crippen LogP contribution in [0.2, 0.25) is 0 Å². The summed E-state index contributed by atoms with van der Waals surface area (Å²) in [5.41, 5.74) is 2.56. The molecule has 1 aliphatic heterocycles. The van der Waals surface area contributed by atoms with Gasteiger partial charge in [-0.3, -0.25) is 0 Å². The molecule has 0 saturated carbocycles. The van der Waals surface area contributed by atoms with Gasteiger partial charge in [-0.25, -0.2) is 4.39 Å². The number of benzene rings is 2. The predicted octanol–water partition coefficient (Wildman–Crippen LogP) is 3.59. The molecular formula is C16H14BrFO3. The van der Waals surface area contributed by atoms with Gasteiger partial charge in [0.05, 0.1) is 13.2 Å². The van der Waals surface area contributed by atoms with E-state index in [0.29, 0.717) is 17.9 Å². The summed E-state index contributed by atoms with van der Waals surface area (Å²) in [7, 11) is 0. The molecule has 0 spiro atoms. The van der Waals surface area contributed by atoms with Crippen LogP contribution in [-0.4, -0.2) is 11.7 Å². The Morgan fingerprint density at radius 2 is 2.10 bits per heavy atom. The van der Waals surface area contributed by atoms with Crippen LogP contribution in [0.1, 0.15) is 16.7 Å². The van der Waals surface area contributed by atoms with E-state index in [1.807, 2.05) is 12.1 Å². The lowest BCUT2D eigenvalue weighted by atomic mass is 10.1. The minimum absolute atomic E-state index is 0.219. The molecule has 0 amide bonds. The summed E-state index contributed by atoms with van der Waals surface area (Å²) in [6.45, 7) is 0.743. The van der Waals surface area contributed by atoms with Crippen molar-refractivity contribution in [1.29, 1.82) is 0 Å². The van der Waals surface area contributed by atoms with Gasteiger partial charge < -0.3 is 14.6 Å². The van der Waals surface area contributed by atoms with Crippen molar-refractivity contribution >= 4 is 15.9 Å². The lowest BCUT2D eigenvalue weighted by Crippen LogP contribution is -2.00. The van der Waals surface area contributed by atoms with Crippen molar-refractivity contribution in [1.82, 2.24) is 0 Å². The molecule has 1 heterocycles. The maximum atomic E-state index is 13.4. The van der Waals surface area contributed by atoms with Gasteiger partial charge in [0.2, 0.25) is 0 Å². The number of ether oxygens (including phenoxy) is 2. The zero-order chi connectivity index (χ0) is 14.8. The molecule has 1 aliphatic rings. The Morgan fingerprint density at radius 3 is 2.90 bits per heavy atom. The third-order valence-electron chi connectivity index (χ3n) is 3.33. The summed E-state index contributed by atoms with van der Waals surface area (Å²) < 4.78 is 25.6. The Labute approximate surface area is 130 Å². The summed E-state index contributed by atoms with van der Waals surface area (Å²) in [4.78, 5) is 0. The Balaban J connectivity index is 1.81. The van der Waals surface area contributed by atoms with Gasteiger partial charge >= 0.3 is 0 Å². The van der Waals surface area contributed by atoms with Gasteiger partial charge in [0.25, 0.3) is 0 Å². The van der Waals surface area contributed by atoms with Crippen LogP contribution in [0, 0.1) is 5.82 Å². The molecule has 3 nitrogen and oxygen atoms in total. The Bertz CT molecular complexity index is 673. The van der Waals surface area contributed by atoms with Gasteiger partial charge in [-0.05, 0) is 35.4 Å². The van der Waals surface area contributed by atoms with E-state index in [2.05, 4.69) is 15.9 Å². The zero-order valence-electron chi connectivity index (χ0n) is 11.2. The molecule has 110 valence electrons. The van der Waals surface area contributed by atoms with E-state index in [9.17, 15) is 4.39 Å². The van der Waals surface area contributed by atoms with Gasteiger partial charge in [-0.1, -0.05) is 15.9 Å². The third-order valence-corrected chi connectivity index (χ3v) is 3.79. The second kappa shape index (κ2) is 6.03. The molecule has 21 heavy (non-hydrogen) atoms. The first-order valence-corrected chi connectivity index (χ1v) is 7.42. The maximum Gasteiger partial charge on any atom is 0.129 e. The number of halogens is 2. The van der Waals surface area contributed by atoms with Crippen LogP contribution in [-0.2, 0) is 19.6 Å². The fraction of sp³-hybridized carbons (Fsp3) is 0.250.